The van der Waals surface area contributed by atoms with E-state index in [0.29, 0.717) is 70.4 Å². The number of carbonyl (C=O) groups excluding carboxylic acids is 7. The molecule has 2 amide bonds. The van der Waals surface area contributed by atoms with Crippen LogP contribution in [0.2, 0.25) is 0 Å². The number of carbonyl (C=O) groups is 7. The topological polar surface area (TPSA) is 220 Å². The van der Waals surface area contributed by atoms with E-state index in [9.17, 15) is 33.6 Å². The number of rotatable bonds is 15. The van der Waals surface area contributed by atoms with E-state index in [-0.39, 0.29) is 107 Å². The smallest absolute Gasteiger partial charge is 0.341 e. The molecule has 2 aliphatic heterocycles. The third kappa shape index (κ3) is 34.3. The van der Waals surface area contributed by atoms with E-state index in [1.165, 1.54) is 77.8 Å². The number of amides is 2. The minimum Gasteiger partial charge on any atom is -0.462 e. The van der Waals surface area contributed by atoms with Gasteiger partial charge < -0.3 is 63.4 Å². The average Bonchev–Trinajstić information content (AvgIpc) is 2.41. The average molecular weight is 1510 g/mol. The Morgan fingerprint density at radius 3 is 1.35 bits per heavy atom. The minimum absolute atomic E-state index is 0. The van der Waals surface area contributed by atoms with Gasteiger partial charge in [0.25, 0.3) is 0 Å². The number of thiophene rings is 3. The van der Waals surface area contributed by atoms with Crippen LogP contribution in [-0.2, 0) is 137 Å². The third-order valence-corrected chi connectivity index (χ3v) is 18.6. The molecule has 0 atom stereocenters. The normalized spacial score (nSPS) is 15.1. The van der Waals surface area contributed by atoms with Crippen LogP contribution in [0, 0.1) is 19.4 Å². The van der Waals surface area contributed by atoms with E-state index >= 15 is 0 Å². The molecule has 3 aromatic rings. The Morgan fingerprint density at radius 1 is 0.607 bits per heavy atom. The van der Waals surface area contributed by atoms with Crippen LogP contribution < -0.4 is 21.7 Å². The summed E-state index contributed by atoms with van der Waals surface area (Å²) in [6.45, 7) is 29.6. The molecule has 5 heterocycles. The number of esters is 3. The molecule has 2 saturated heterocycles. The minimum atomic E-state index is -0.508. The molecular formula is C64H98Cl3N7O10S3Y2-2. The van der Waals surface area contributed by atoms with Gasteiger partial charge in [0.1, 0.15) is 26.7 Å². The van der Waals surface area contributed by atoms with Crippen molar-refractivity contribution in [2.24, 2.45) is 0 Å². The standard InChI is InChI=1S/C18H25N2O3S.C13H16ClNO3S.C11H15NO2S.C6H15N.C6H10O.C5H10N.C3H5N.C2H2Cl2O.2Y/c1-2-23-18(22)16-13-8-4-5-9-14(13)24-17(16)19-15(21)12-20-10-6-3-7-11-20;1-2-18-13(17)11-8-5-3-4-6-9(8)19-12(11)15-10(16)7-14;1-2-14-11(13)9-7-5-3-4-6-8(7)15-10(9)12;1-4-7(5-2)6-3;7-6-4-2-1-3-5-6;1-2-4-6-5-3-1;1-3-4-2;3-1-2(4)5;;/h6H,2-5,7-12H2,1H3,(H,19,21);2-7H2,1H3,(H,15,16);2-6,12H2,1H3;4-6H2,1-3H3;1-5H2;2,6H,1,3-5H2;3H2,1H3;1H2;;/q-1;;;;;-1;;;;. The molecule has 89 heavy (non-hydrogen) atoms. The van der Waals surface area contributed by atoms with E-state index in [2.05, 4.69) is 64.2 Å². The summed E-state index contributed by atoms with van der Waals surface area (Å²) in [7, 11) is 0. The number of ether oxygens (including phenoxy) is 3. The van der Waals surface area contributed by atoms with Crippen LogP contribution in [0.3, 0.4) is 0 Å². The first-order valence-electron chi connectivity index (χ1n) is 31.3. The first kappa shape index (κ1) is 87.0. The van der Waals surface area contributed by atoms with Crippen LogP contribution in [0.1, 0.15) is 207 Å². The van der Waals surface area contributed by atoms with E-state index in [0.717, 1.165) is 145 Å². The van der Waals surface area contributed by atoms with Gasteiger partial charge in [0.15, 0.2) is 0 Å². The maximum atomic E-state index is 12.4. The Hall–Kier alpha value is -1.96. The number of likely N-dealkylation sites (tertiary alicyclic amines) is 1. The van der Waals surface area contributed by atoms with Gasteiger partial charge in [-0.3, -0.25) is 19.2 Å². The summed E-state index contributed by atoms with van der Waals surface area (Å²) in [5.41, 5.74) is 10.9. The molecule has 5 N–H and O–H groups in total. The quantitative estimate of drug-likeness (QED) is 0.0366. The van der Waals surface area contributed by atoms with Crippen molar-refractivity contribution in [2.75, 3.05) is 107 Å². The molecule has 3 aromatic heterocycles. The van der Waals surface area contributed by atoms with Crippen LogP contribution >= 0.6 is 68.8 Å². The predicted molar refractivity (Wildman–Crippen MR) is 360 cm³/mol. The van der Waals surface area contributed by atoms with Crippen molar-refractivity contribution in [1.82, 2.24) is 15.1 Å². The van der Waals surface area contributed by atoms with Gasteiger partial charge in [-0.05, 0) is 172 Å². The summed E-state index contributed by atoms with van der Waals surface area (Å²) in [5.74, 6) is -1.02. The maximum Gasteiger partial charge on any atom is 0.341 e. The first-order chi connectivity index (χ1) is 42.0. The van der Waals surface area contributed by atoms with Gasteiger partial charge >= 0.3 is 17.9 Å². The van der Waals surface area contributed by atoms with Gasteiger partial charge in [0.2, 0.25) is 23.6 Å². The number of nitrogens with zero attached hydrogens (tertiary/aromatic N) is 3. The molecule has 25 heteroatoms. The van der Waals surface area contributed by atoms with Crippen molar-refractivity contribution < 1.29 is 113 Å². The van der Waals surface area contributed by atoms with Crippen molar-refractivity contribution >= 4 is 125 Å². The fraction of sp³-hybridized carbons (Fsp3) is 0.656. The molecule has 9 rings (SSSR count). The fourth-order valence-electron chi connectivity index (χ4n) is 9.95. The Bertz CT molecular complexity index is 2560. The zero-order valence-electron chi connectivity index (χ0n) is 53.9. The molecule has 496 valence electrons. The molecule has 0 unspecified atom stereocenters. The molecule has 17 nitrogen and oxygen atoms in total. The molecular weight excluding hydrogens is 1410 g/mol. The van der Waals surface area contributed by atoms with Crippen LogP contribution in [0.5, 0.6) is 0 Å². The molecule has 3 fully saturated rings. The number of Topliss-reactive ketones (excluding diaryl/α,β-unsaturated/α-hetero) is 1. The Kier molecular flexibility index (Phi) is 52.1. The second-order valence-electron chi connectivity index (χ2n) is 20.7. The number of halogens is 3. The summed E-state index contributed by atoms with van der Waals surface area (Å²) in [6.07, 6.45) is 27.1. The second-order valence-corrected chi connectivity index (χ2v) is 25.0. The molecule has 0 aromatic carbocycles. The van der Waals surface area contributed by atoms with Gasteiger partial charge in [-0.25, -0.2) is 21.0 Å². The Morgan fingerprint density at radius 2 is 1.02 bits per heavy atom. The second kappa shape index (κ2) is 53.3. The monoisotopic (exact) mass is 1500 g/mol. The summed E-state index contributed by atoms with van der Waals surface area (Å²) < 4.78 is 15.3. The predicted octanol–water partition coefficient (Wildman–Crippen LogP) is 13.8. The molecule has 1 saturated carbocycles. The number of anilines is 3. The zero-order chi connectivity index (χ0) is 64.4. The van der Waals surface area contributed by atoms with Gasteiger partial charge in [-0.2, -0.15) is 12.8 Å². The third-order valence-electron chi connectivity index (χ3n) is 14.3. The van der Waals surface area contributed by atoms with Crippen molar-refractivity contribution in [3.8, 4) is 0 Å². The largest absolute Gasteiger partial charge is 0.462 e. The van der Waals surface area contributed by atoms with Crippen molar-refractivity contribution in [3.63, 3.8) is 0 Å². The number of alkyl halides is 2. The van der Waals surface area contributed by atoms with Crippen LogP contribution in [0.4, 0.5) is 15.0 Å². The fourth-order valence-corrected chi connectivity index (χ4v) is 13.8. The number of hydrogen-bond donors (Lipinski definition) is 4. The summed E-state index contributed by atoms with van der Waals surface area (Å²) in [6, 6.07) is 0. The zero-order valence-corrected chi connectivity index (χ0v) is 64.3. The van der Waals surface area contributed by atoms with E-state index < -0.39 is 5.24 Å². The van der Waals surface area contributed by atoms with Gasteiger partial charge in [0.05, 0.1) is 48.9 Å². The molecule has 4 aliphatic carbocycles. The molecule has 0 bridgehead atoms. The molecule has 6 aliphatic rings. The molecule has 0 spiro atoms. The number of nitrogen functional groups attached to an aromatic ring is 1. The van der Waals surface area contributed by atoms with Crippen molar-refractivity contribution in [2.45, 2.75) is 183 Å². The van der Waals surface area contributed by atoms with Crippen LogP contribution in [0.25, 0.3) is 4.85 Å². The number of piperidine rings is 2. The molecule has 2 radical (unpaired) electrons. The van der Waals surface area contributed by atoms with E-state index in [1.54, 1.807) is 29.6 Å². The van der Waals surface area contributed by atoms with Crippen LogP contribution in [-0.4, -0.2) is 141 Å². The Balaban J connectivity index is 0.00000107. The Labute approximate surface area is 609 Å². The van der Waals surface area contributed by atoms with Gasteiger partial charge in [-0.1, -0.05) is 40.0 Å². The summed E-state index contributed by atoms with van der Waals surface area (Å²) >= 11 is 19.6. The SMILES string of the molecule is CCN(CC)CC.CCOC(=O)c1c(N)sc2c1CCCC2.CCOC(=O)c1c(NC(=O)CCl)sc2c1CCCC2.CCOC(=O)c1c(NC(=O)CN2C[CH-]CCC2)sc2c1CCCC2.O=C(Cl)CCl.O=C1CCCCC1.[C-]#[N+]CC.[CH-]1CCCNC1.[Y].[Y]. The van der Waals surface area contributed by atoms with Crippen LogP contribution in [0.15, 0.2) is 0 Å². The summed E-state index contributed by atoms with van der Waals surface area (Å²) in [5, 5.41) is 10.3. The maximum absolute atomic E-state index is 12.4. The van der Waals surface area contributed by atoms with Crippen molar-refractivity contribution in [1.29, 1.82) is 0 Å². The van der Waals surface area contributed by atoms with E-state index in [4.69, 9.17) is 61.3 Å². The number of nitrogens with two attached hydrogens (primary N) is 1. The first-order valence-corrected chi connectivity index (χ1v) is 35.2. The van der Waals surface area contributed by atoms with Gasteiger partial charge in [0, 0.05) is 99.8 Å². The number of fused-ring (bicyclic) bond motifs is 3. The van der Waals surface area contributed by atoms with Crippen molar-refractivity contribution in [3.05, 3.63) is 72.3 Å². The van der Waals surface area contributed by atoms with E-state index in [1.807, 2.05) is 20.8 Å². The summed E-state index contributed by atoms with van der Waals surface area (Å²) in [4.78, 5) is 91.1. The number of hydrogen-bond acceptors (Lipinski definition) is 17. The van der Waals surface area contributed by atoms with Gasteiger partial charge in [-0.15, -0.1) is 70.3 Å². The number of ketones is 1. The number of nitrogens with one attached hydrogen (secondary N) is 3. The number of aryl methyl sites for hydroxylation is 3.